The molecule has 0 radical (unpaired) electrons. The molecule has 0 aliphatic rings. The molecule has 182 valence electrons. The highest BCUT2D eigenvalue weighted by Crippen LogP contribution is 2.36. The monoisotopic (exact) mass is 461 g/mol. The van der Waals surface area contributed by atoms with E-state index in [2.05, 4.69) is 0 Å². The number of esters is 1. The lowest BCUT2D eigenvalue weighted by Gasteiger charge is -2.38. The van der Waals surface area contributed by atoms with Gasteiger partial charge in [-0.3, -0.25) is 15.2 Å². The molecule has 0 spiro atoms. The molecule has 2 atom stereocenters. The topological polar surface area (TPSA) is 143 Å². The number of anilines is 3. The molecule has 2 aromatic carbocycles. The first-order valence-corrected chi connectivity index (χ1v) is 10.6. The van der Waals surface area contributed by atoms with Crippen molar-refractivity contribution < 1.29 is 25.1 Å². The largest absolute Gasteiger partial charge is 0.769 e. The maximum atomic E-state index is 12.9. The van der Waals surface area contributed by atoms with Gasteiger partial charge < -0.3 is 30.4 Å². The summed E-state index contributed by atoms with van der Waals surface area (Å²) in [5.41, 5.74) is 0.174. The van der Waals surface area contributed by atoms with Gasteiger partial charge in [0.25, 0.3) is 0 Å². The molecule has 0 saturated carbocycles. The number of ether oxygens (including phenoxy) is 1. The molecule has 0 bridgehead atoms. The van der Waals surface area contributed by atoms with Crippen LogP contribution in [0.2, 0.25) is 0 Å². The molecule has 0 saturated heterocycles. The van der Waals surface area contributed by atoms with Crippen LogP contribution in [0.15, 0.2) is 42.5 Å². The van der Waals surface area contributed by atoms with E-state index in [9.17, 15) is 30.7 Å². The Kier molecular flexibility index (Phi) is 8.89. The fourth-order valence-electron chi connectivity index (χ4n) is 3.65. The number of hydrogen-bond acceptors (Lipinski definition) is 10. The van der Waals surface area contributed by atoms with Gasteiger partial charge in [0.2, 0.25) is 0 Å². The first-order chi connectivity index (χ1) is 15.5. The Morgan fingerprint density at radius 2 is 1.76 bits per heavy atom. The fourth-order valence-corrected chi connectivity index (χ4v) is 3.65. The van der Waals surface area contributed by atoms with E-state index < -0.39 is 10.6 Å². The number of rotatable bonds is 11. The SMILES string of the molecule is CCC(C)(CC(C)c1ccc(O)cc1)C(=O)OCCN(C)c1ccc(N([O-])[O-])cc1N(O)O. The molecule has 2 aromatic rings. The maximum Gasteiger partial charge on any atom is 0.311 e. The molecule has 10 heteroatoms. The number of nitrogens with zero attached hydrogens (tertiary/aromatic N) is 3. The van der Waals surface area contributed by atoms with Crippen LogP contribution >= 0.6 is 0 Å². The summed E-state index contributed by atoms with van der Waals surface area (Å²) in [7, 11) is 1.65. The summed E-state index contributed by atoms with van der Waals surface area (Å²) in [4.78, 5) is 14.5. The van der Waals surface area contributed by atoms with Gasteiger partial charge in [0.1, 0.15) is 18.0 Å². The van der Waals surface area contributed by atoms with Crippen molar-refractivity contribution in [1.29, 1.82) is 0 Å². The van der Waals surface area contributed by atoms with Crippen LogP contribution in [0, 0.1) is 15.8 Å². The highest BCUT2D eigenvalue weighted by atomic mass is 16.8. The number of phenolic OH excluding ortho intramolecular Hbond substituents is 1. The van der Waals surface area contributed by atoms with Crippen LogP contribution in [-0.4, -0.2) is 41.7 Å². The second-order valence-corrected chi connectivity index (χ2v) is 8.39. The molecule has 0 aliphatic heterocycles. The molecule has 0 heterocycles. The van der Waals surface area contributed by atoms with Crippen molar-refractivity contribution in [3.63, 3.8) is 0 Å². The van der Waals surface area contributed by atoms with Gasteiger partial charge in [-0.25, -0.2) is 0 Å². The average molecular weight is 462 g/mol. The second kappa shape index (κ2) is 11.2. The number of phenols is 1. The lowest BCUT2D eigenvalue weighted by molar-refractivity contribution is -0.155. The van der Waals surface area contributed by atoms with E-state index in [1.54, 1.807) is 24.1 Å². The van der Waals surface area contributed by atoms with Crippen LogP contribution in [0.1, 0.15) is 45.1 Å². The quantitative estimate of drug-likeness (QED) is 0.326. The van der Waals surface area contributed by atoms with Gasteiger partial charge in [0.05, 0.1) is 17.6 Å². The van der Waals surface area contributed by atoms with Crippen molar-refractivity contribution in [2.24, 2.45) is 5.41 Å². The molecule has 2 rings (SSSR count). The zero-order valence-electron chi connectivity index (χ0n) is 19.3. The summed E-state index contributed by atoms with van der Waals surface area (Å²) in [6, 6.07) is 10.6. The van der Waals surface area contributed by atoms with E-state index >= 15 is 0 Å². The van der Waals surface area contributed by atoms with E-state index in [1.807, 2.05) is 32.9 Å². The second-order valence-electron chi connectivity index (χ2n) is 8.39. The molecule has 0 aromatic heterocycles. The van der Waals surface area contributed by atoms with Gasteiger partial charge in [-0.15, -0.1) is 5.23 Å². The van der Waals surface area contributed by atoms with Crippen LogP contribution in [0.3, 0.4) is 0 Å². The van der Waals surface area contributed by atoms with Crippen molar-refractivity contribution in [2.75, 3.05) is 35.6 Å². The zero-order valence-corrected chi connectivity index (χ0v) is 19.3. The van der Waals surface area contributed by atoms with Crippen LogP contribution in [-0.2, 0) is 9.53 Å². The minimum Gasteiger partial charge on any atom is -0.769 e. The molecule has 10 nitrogen and oxygen atoms in total. The summed E-state index contributed by atoms with van der Waals surface area (Å²) in [6.45, 7) is 6.09. The van der Waals surface area contributed by atoms with Crippen LogP contribution < -0.4 is 15.4 Å². The van der Waals surface area contributed by atoms with Crippen molar-refractivity contribution in [3.8, 4) is 5.75 Å². The average Bonchev–Trinajstić information content (AvgIpc) is 2.78. The standard InChI is InChI=1S/C23H31N3O7/c1-5-23(3,15-16(2)17-6-9-19(27)10-7-17)22(28)33-13-12-24(4)20-11-8-18(25(29)30)14-21(20)26(31)32/h6-11,14,16,27,31-32H,5,12-13,15H2,1-4H3/q-2. The molecule has 0 fully saturated rings. The van der Waals surface area contributed by atoms with Crippen molar-refractivity contribution in [2.45, 2.75) is 39.5 Å². The van der Waals surface area contributed by atoms with E-state index in [4.69, 9.17) is 4.74 Å². The van der Waals surface area contributed by atoms with E-state index in [-0.39, 0.29) is 47.4 Å². The molecule has 33 heavy (non-hydrogen) atoms. The van der Waals surface area contributed by atoms with Gasteiger partial charge in [0, 0.05) is 12.7 Å². The van der Waals surface area contributed by atoms with Gasteiger partial charge in [-0.05, 0) is 61.6 Å². The molecular weight excluding hydrogens is 430 g/mol. The minimum absolute atomic E-state index is 0.0474. The van der Waals surface area contributed by atoms with Gasteiger partial charge in [0.15, 0.2) is 0 Å². The fraction of sp³-hybridized carbons (Fsp3) is 0.435. The van der Waals surface area contributed by atoms with E-state index in [0.717, 1.165) is 11.6 Å². The van der Waals surface area contributed by atoms with Crippen LogP contribution in [0.4, 0.5) is 17.1 Å². The number of carbonyl (C=O) groups is 1. The number of aromatic hydroxyl groups is 1. The van der Waals surface area contributed by atoms with E-state index in [0.29, 0.717) is 18.5 Å². The van der Waals surface area contributed by atoms with Gasteiger partial charge in [-0.2, -0.15) is 0 Å². The number of likely N-dealkylation sites (N-methyl/N-ethyl adjacent to an activating group) is 1. The molecular formula is C23H31N3O7-2. The smallest absolute Gasteiger partial charge is 0.311 e. The third-order valence-corrected chi connectivity index (χ3v) is 5.95. The lowest BCUT2D eigenvalue weighted by atomic mass is 9.77. The highest BCUT2D eigenvalue weighted by Gasteiger charge is 2.35. The summed E-state index contributed by atoms with van der Waals surface area (Å²) in [6.07, 6.45) is 1.15. The Morgan fingerprint density at radius 1 is 1.12 bits per heavy atom. The van der Waals surface area contributed by atoms with Gasteiger partial charge in [-0.1, -0.05) is 26.0 Å². The zero-order chi connectivity index (χ0) is 24.8. The Hall–Kier alpha value is -3.05. The first-order valence-electron chi connectivity index (χ1n) is 10.6. The number of carbonyl (C=O) groups excluding carboxylic acids is 1. The third kappa shape index (κ3) is 6.72. The third-order valence-electron chi connectivity index (χ3n) is 5.95. The predicted octanol–water partition coefficient (Wildman–Crippen LogP) is 4.37. The van der Waals surface area contributed by atoms with Gasteiger partial charge >= 0.3 is 5.97 Å². The first kappa shape index (κ1) is 26.2. The Bertz CT molecular complexity index is 921. The molecule has 0 aliphatic carbocycles. The normalized spacial score (nSPS) is 13.7. The van der Waals surface area contributed by atoms with Crippen molar-refractivity contribution in [1.82, 2.24) is 0 Å². The summed E-state index contributed by atoms with van der Waals surface area (Å²) >= 11 is 0. The van der Waals surface area contributed by atoms with Crippen molar-refractivity contribution in [3.05, 3.63) is 58.4 Å². The number of hydrogen-bond donors (Lipinski definition) is 3. The van der Waals surface area contributed by atoms with E-state index in [1.165, 1.54) is 12.1 Å². The molecule has 2 unspecified atom stereocenters. The summed E-state index contributed by atoms with van der Waals surface area (Å²) < 4.78 is 5.54. The summed E-state index contributed by atoms with van der Waals surface area (Å²) in [5, 5.41) is 49.5. The summed E-state index contributed by atoms with van der Waals surface area (Å²) in [5.74, 6) is -0.0677. The number of benzene rings is 2. The minimum atomic E-state index is -0.707. The molecule has 0 amide bonds. The Balaban J connectivity index is 2.00. The molecule has 3 N–H and O–H groups in total. The van der Waals surface area contributed by atoms with Crippen LogP contribution in [0.25, 0.3) is 0 Å². The Labute approximate surface area is 193 Å². The lowest BCUT2D eigenvalue weighted by Crippen LogP contribution is -2.33. The predicted molar refractivity (Wildman–Crippen MR) is 125 cm³/mol. The van der Waals surface area contributed by atoms with Crippen molar-refractivity contribution >= 4 is 23.0 Å². The van der Waals surface area contributed by atoms with Crippen LogP contribution in [0.5, 0.6) is 5.75 Å². The highest BCUT2D eigenvalue weighted by molar-refractivity contribution is 5.77. The Morgan fingerprint density at radius 3 is 2.30 bits per heavy atom. The maximum absolute atomic E-state index is 12.9.